The molecule has 1 heterocycles. The Labute approximate surface area is 110 Å². The van der Waals surface area contributed by atoms with Gasteiger partial charge in [-0.25, -0.2) is 14.2 Å². The smallest absolute Gasteiger partial charge is 0.361 e. The minimum Gasteiger partial charge on any atom is -0.419 e. The number of ether oxygens (including phenoxy) is 1. The molecule has 0 radical (unpaired) electrons. The molecule has 1 aromatic heterocycles. The van der Waals surface area contributed by atoms with E-state index >= 15 is 0 Å². The first kappa shape index (κ1) is 13.3. The second-order valence-corrected chi connectivity index (χ2v) is 4.10. The van der Waals surface area contributed by atoms with Crippen molar-refractivity contribution in [3.63, 3.8) is 0 Å². The van der Waals surface area contributed by atoms with Crippen molar-refractivity contribution in [3.8, 4) is 5.75 Å². The maximum Gasteiger partial charge on any atom is 0.361 e. The zero-order chi connectivity index (χ0) is 13.8. The lowest BCUT2D eigenvalue weighted by atomic mass is 10.1. The third-order valence-electron chi connectivity index (χ3n) is 2.79. The maximum atomic E-state index is 13.7. The molecule has 0 bridgehead atoms. The predicted molar refractivity (Wildman–Crippen MR) is 68.7 cm³/mol. The van der Waals surface area contributed by atoms with Crippen LogP contribution in [0.1, 0.15) is 35.7 Å². The lowest BCUT2D eigenvalue weighted by molar-refractivity contribution is 0.0722. The number of aryl methyl sites for hydroxylation is 2. The van der Waals surface area contributed by atoms with Crippen molar-refractivity contribution in [1.82, 2.24) is 9.97 Å². The van der Waals surface area contributed by atoms with Crippen LogP contribution < -0.4 is 4.74 Å². The van der Waals surface area contributed by atoms with Crippen LogP contribution in [-0.4, -0.2) is 15.9 Å². The average molecular weight is 262 g/mol. The van der Waals surface area contributed by atoms with Crippen LogP contribution in [0.2, 0.25) is 0 Å². The fraction of sp³-hybridized carbons (Fsp3) is 0.286. The molecule has 0 unspecified atom stereocenters. The number of imidazole rings is 1. The van der Waals surface area contributed by atoms with E-state index in [0.29, 0.717) is 12.2 Å². The Hall–Kier alpha value is -2.17. The maximum absolute atomic E-state index is 13.7. The van der Waals surface area contributed by atoms with Gasteiger partial charge < -0.3 is 9.72 Å². The van der Waals surface area contributed by atoms with Gasteiger partial charge in [-0.05, 0) is 24.1 Å². The van der Waals surface area contributed by atoms with Crippen molar-refractivity contribution >= 4 is 5.97 Å². The summed E-state index contributed by atoms with van der Waals surface area (Å²) in [6.07, 6.45) is 2.80. The third-order valence-corrected chi connectivity index (χ3v) is 2.79. The summed E-state index contributed by atoms with van der Waals surface area (Å²) in [5.41, 5.74) is 1.07. The molecule has 0 spiro atoms. The number of nitrogens with one attached hydrogen (secondary N) is 1. The fourth-order valence-electron chi connectivity index (χ4n) is 1.65. The molecule has 0 aliphatic heterocycles. The molecule has 0 amide bonds. The van der Waals surface area contributed by atoms with Crippen molar-refractivity contribution < 1.29 is 13.9 Å². The number of benzene rings is 1. The van der Waals surface area contributed by atoms with Crippen LogP contribution in [0.15, 0.2) is 24.4 Å². The highest BCUT2D eigenvalue weighted by atomic mass is 19.1. The molecule has 2 aromatic rings. The van der Waals surface area contributed by atoms with Crippen LogP contribution in [0.3, 0.4) is 0 Å². The molecule has 5 heteroatoms. The molecule has 0 aliphatic carbocycles. The van der Waals surface area contributed by atoms with Crippen LogP contribution in [0.5, 0.6) is 5.75 Å². The zero-order valence-corrected chi connectivity index (χ0v) is 10.9. The quantitative estimate of drug-likeness (QED) is 0.681. The highest BCUT2D eigenvalue weighted by Crippen LogP contribution is 2.19. The second kappa shape index (κ2) is 5.65. The SMILES string of the molecule is CCc1ccc(OC(=O)c2cnc(CC)[nH]2)c(F)c1. The summed E-state index contributed by atoms with van der Waals surface area (Å²) in [4.78, 5) is 18.6. The first-order valence-electron chi connectivity index (χ1n) is 6.18. The second-order valence-electron chi connectivity index (χ2n) is 4.10. The molecule has 100 valence electrons. The van der Waals surface area contributed by atoms with Gasteiger partial charge in [-0.2, -0.15) is 0 Å². The van der Waals surface area contributed by atoms with Gasteiger partial charge in [0.05, 0.1) is 6.20 Å². The van der Waals surface area contributed by atoms with Crippen LogP contribution in [-0.2, 0) is 12.8 Å². The predicted octanol–water partition coefficient (Wildman–Crippen LogP) is 2.89. The van der Waals surface area contributed by atoms with Crippen LogP contribution in [0.25, 0.3) is 0 Å². The highest BCUT2D eigenvalue weighted by molar-refractivity contribution is 5.88. The molecule has 2 rings (SSSR count). The number of hydrogen-bond donors (Lipinski definition) is 1. The third kappa shape index (κ3) is 2.99. The first-order valence-corrected chi connectivity index (χ1v) is 6.18. The van der Waals surface area contributed by atoms with Crippen LogP contribution >= 0.6 is 0 Å². The number of rotatable bonds is 4. The first-order chi connectivity index (χ1) is 9.13. The molecule has 0 saturated heterocycles. The molecule has 1 aromatic carbocycles. The van der Waals surface area contributed by atoms with E-state index in [-0.39, 0.29) is 11.4 Å². The topological polar surface area (TPSA) is 55.0 Å². The van der Waals surface area contributed by atoms with Crippen LogP contribution in [0.4, 0.5) is 4.39 Å². The molecule has 19 heavy (non-hydrogen) atoms. The Morgan fingerprint density at radius 2 is 2.16 bits per heavy atom. The van der Waals surface area contributed by atoms with Crippen molar-refractivity contribution in [2.24, 2.45) is 0 Å². The Morgan fingerprint density at radius 1 is 1.37 bits per heavy atom. The number of nitrogens with zero attached hydrogens (tertiary/aromatic N) is 1. The van der Waals surface area contributed by atoms with E-state index in [1.807, 2.05) is 13.8 Å². The monoisotopic (exact) mass is 262 g/mol. The number of esters is 1. The number of aromatic amines is 1. The van der Waals surface area contributed by atoms with Gasteiger partial charge in [0, 0.05) is 6.42 Å². The van der Waals surface area contributed by atoms with Gasteiger partial charge in [-0.1, -0.05) is 19.9 Å². The summed E-state index contributed by atoms with van der Waals surface area (Å²) in [5.74, 6) is -0.568. The van der Waals surface area contributed by atoms with Gasteiger partial charge in [-0.15, -0.1) is 0 Å². The van der Waals surface area contributed by atoms with E-state index in [1.54, 1.807) is 6.07 Å². The number of aromatic nitrogens is 2. The number of halogens is 1. The Balaban J connectivity index is 2.14. The van der Waals surface area contributed by atoms with Gasteiger partial charge in [-0.3, -0.25) is 0 Å². The van der Waals surface area contributed by atoms with Gasteiger partial charge in [0.25, 0.3) is 0 Å². The summed E-state index contributed by atoms with van der Waals surface area (Å²) < 4.78 is 18.7. The molecule has 0 fully saturated rings. The fourth-order valence-corrected chi connectivity index (χ4v) is 1.65. The number of carbonyl (C=O) groups excluding carboxylic acids is 1. The van der Waals surface area contributed by atoms with Gasteiger partial charge in [0.2, 0.25) is 0 Å². The van der Waals surface area contributed by atoms with Gasteiger partial charge in [0.1, 0.15) is 11.5 Å². The van der Waals surface area contributed by atoms with E-state index in [0.717, 1.165) is 12.0 Å². The summed E-state index contributed by atoms with van der Waals surface area (Å²) in [6, 6.07) is 4.56. The number of H-pyrrole nitrogens is 1. The molecule has 0 saturated carbocycles. The van der Waals surface area contributed by atoms with Crippen LogP contribution in [0, 0.1) is 5.82 Å². The molecule has 4 nitrogen and oxygen atoms in total. The van der Waals surface area contributed by atoms with E-state index in [1.165, 1.54) is 18.3 Å². The number of hydrogen-bond acceptors (Lipinski definition) is 3. The average Bonchev–Trinajstić information content (AvgIpc) is 2.90. The number of carbonyl (C=O) groups is 1. The van der Waals surface area contributed by atoms with E-state index < -0.39 is 11.8 Å². The molecular weight excluding hydrogens is 247 g/mol. The Morgan fingerprint density at radius 3 is 2.74 bits per heavy atom. The van der Waals surface area contributed by atoms with Gasteiger partial charge >= 0.3 is 5.97 Å². The van der Waals surface area contributed by atoms with E-state index in [2.05, 4.69) is 9.97 Å². The van der Waals surface area contributed by atoms with E-state index in [4.69, 9.17) is 4.74 Å². The van der Waals surface area contributed by atoms with E-state index in [9.17, 15) is 9.18 Å². The minimum atomic E-state index is -0.643. The molecular formula is C14H15FN2O2. The largest absolute Gasteiger partial charge is 0.419 e. The summed E-state index contributed by atoms with van der Waals surface area (Å²) in [6.45, 7) is 3.84. The standard InChI is InChI=1S/C14H15FN2O2/c1-3-9-5-6-12(10(15)7-9)19-14(18)11-8-16-13(4-2)17-11/h5-8H,3-4H2,1-2H3,(H,16,17). The normalized spacial score (nSPS) is 10.5. The molecule has 1 N–H and O–H groups in total. The van der Waals surface area contributed by atoms with Crippen molar-refractivity contribution in [3.05, 3.63) is 47.3 Å². The lowest BCUT2D eigenvalue weighted by Gasteiger charge is -2.05. The van der Waals surface area contributed by atoms with Crippen molar-refractivity contribution in [2.45, 2.75) is 26.7 Å². The van der Waals surface area contributed by atoms with Crippen molar-refractivity contribution in [2.75, 3.05) is 0 Å². The Kier molecular flexibility index (Phi) is 3.94. The molecule has 0 aliphatic rings. The Bertz CT molecular complexity index is 593. The van der Waals surface area contributed by atoms with Gasteiger partial charge in [0.15, 0.2) is 11.6 Å². The van der Waals surface area contributed by atoms with Crippen molar-refractivity contribution in [1.29, 1.82) is 0 Å². The minimum absolute atomic E-state index is 0.0742. The highest BCUT2D eigenvalue weighted by Gasteiger charge is 2.14. The summed E-state index contributed by atoms with van der Waals surface area (Å²) >= 11 is 0. The zero-order valence-electron chi connectivity index (χ0n) is 10.9. The summed E-state index contributed by atoms with van der Waals surface area (Å²) in [7, 11) is 0. The lowest BCUT2D eigenvalue weighted by Crippen LogP contribution is -2.10. The summed E-state index contributed by atoms with van der Waals surface area (Å²) in [5, 5.41) is 0. The molecule has 0 atom stereocenters.